The van der Waals surface area contributed by atoms with E-state index in [1.54, 1.807) is 0 Å². The molecule has 160 valence electrons. The fourth-order valence-corrected chi connectivity index (χ4v) is 5.09. The summed E-state index contributed by atoms with van der Waals surface area (Å²) in [5.74, 6) is 0.954. The van der Waals surface area contributed by atoms with Gasteiger partial charge in [-0.1, -0.05) is 105 Å². The highest BCUT2D eigenvalue weighted by Crippen LogP contribution is 2.45. The lowest BCUT2D eigenvalue weighted by molar-refractivity contribution is 0.656. The van der Waals surface area contributed by atoms with Crippen molar-refractivity contribution in [3.05, 3.63) is 118 Å². The summed E-state index contributed by atoms with van der Waals surface area (Å²) < 4.78 is 4.43. The Morgan fingerprint density at radius 2 is 1.33 bits per heavy atom. The van der Waals surface area contributed by atoms with Crippen molar-refractivity contribution in [1.29, 1.82) is 0 Å². The lowest BCUT2D eigenvalue weighted by Gasteiger charge is -2.31. The van der Waals surface area contributed by atoms with Gasteiger partial charge in [0.1, 0.15) is 12.0 Å². The van der Waals surface area contributed by atoms with Crippen LogP contribution in [0.25, 0.3) is 33.9 Å². The van der Waals surface area contributed by atoms with E-state index in [2.05, 4.69) is 139 Å². The van der Waals surface area contributed by atoms with E-state index in [9.17, 15) is 0 Å². The first-order valence-electron chi connectivity index (χ1n) is 10.7. The van der Waals surface area contributed by atoms with Crippen LogP contribution in [-0.4, -0.2) is 9.55 Å². The van der Waals surface area contributed by atoms with Crippen molar-refractivity contribution in [2.45, 2.75) is 6.17 Å². The second-order valence-corrected chi connectivity index (χ2v) is 9.85. The van der Waals surface area contributed by atoms with Crippen LogP contribution in [0.5, 0.6) is 0 Å². The van der Waals surface area contributed by atoms with E-state index in [0.29, 0.717) is 0 Å². The summed E-state index contributed by atoms with van der Waals surface area (Å²) in [5.41, 5.74) is 7.64. The summed E-state index contributed by atoms with van der Waals surface area (Å²) >= 11 is 7.23. The summed E-state index contributed by atoms with van der Waals surface area (Å²) in [6, 6.07) is 35.8. The lowest BCUT2D eigenvalue weighted by atomic mass is 10.0. The van der Waals surface area contributed by atoms with Crippen molar-refractivity contribution < 1.29 is 0 Å². The van der Waals surface area contributed by atoms with Crippen molar-refractivity contribution >= 4 is 37.5 Å². The fourth-order valence-electron chi connectivity index (χ4n) is 4.46. The minimum atomic E-state index is -0.0954. The highest BCUT2D eigenvalue weighted by molar-refractivity contribution is 9.10. The number of fused-ring (bicyclic) bond motifs is 3. The van der Waals surface area contributed by atoms with E-state index in [0.717, 1.165) is 48.5 Å². The molecule has 0 amide bonds. The van der Waals surface area contributed by atoms with Gasteiger partial charge in [0.05, 0.1) is 11.4 Å². The molecule has 1 aliphatic rings. The zero-order valence-electron chi connectivity index (χ0n) is 17.5. The molecule has 4 aromatic carbocycles. The lowest BCUT2D eigenvalue weighted by Crippen LogP contribution is -2.25. The first-order valence-corrected chi connectivity index (χ1v) is 12.3. The Hall–Kier alpha value is -3.15. The molecule has 0 saturated carbocycles. The second kappa shape index (κ2) is 8.32. The molecule has 5 heteroatoms. The Kier molecular flexibility index (Phi) is 5.16. The van der Waals surface area contributed by atoms with Crippen molar-refractivity contribution in [3.63, 3.8) is 0 Å². The largest absolute Gasteiger partial charge is 0.361 e. The Labute approximate surface area is 209 Å². The number of anilines is 1. The molecule has 3 nitrogen and oxygen atoms in total. The van der Waals surface area contributed by atoms with Crippen molar-refractivity contribution in [2.75, 3.05) is 5.32 Å². The molecule has 0 spiro atoms. The third-order valence-electron chi connectivity index (χ3n) is 5.96. The number of imidazole rings is 1. The maximum atomic E-state index is 5.27. The average molecular weight is 557 g/mol. The molecule has 0 saturated heterocycles. The van der Waals surface area contributed by atoms with Gasteiger partial charge in [0.25, 0.3) is 0 Å². The monoisotopic (exact) mass is 555 g/mol. The van der Waals surface area contributed by atoms with Gasteiger partial charge in [-0.2, -0.15) is 0 Å². The summed E-state index contributed by atoms with van der Waals surface area (Å²) in [4.78, 5) is 5.27. The van der Waals surface area contributed by atoms with Gasteiger partial charge in [-0.3, -0.25) is 4.57 Å². The highest BCUT2D eigenvalue weighted by Gasteiger charge is 2.32. The maximum absolute atomic E-state index is 5.27. The molecule has 1 N–H and O–H groups in total. The quantitative estimate of drug-likeness (QED) is 0.242. The zero-order valence-corrected chi connectivity index (χ0v) is 20.7. The standard InChI is InChI=1S/C28H19Br2N3/c29-21-13-11-20(12-14-21)27-31-24-16-15-22(30)17-23(24)28-32-25(18-7-3-1-4-8-18)26(33(27)28)19-9-5-2-6-10-19/h1-17,27,31H. The number of aromatic nitrogens is 2. The summed E-state index contributed by atoms with van der Waals surface area (Å²) in [5, 5.41) is 3.78. The molecule has 0 fully saturated rings. The minimum Gasteiger partial charge on any atom is -0.361 e. The van der Waals surface area contributed by atoms with Gasteiger partial charge in [-0.25, -0.2) is 4.98 Å². The molecular formula is C28H19Br2N3. The molecule has 1 unspecified atom stereocenters. The predicted molar refractivity (Wildman–Crippen MR) is 142 cm³/mol. The van der Waals surface area contributed by atoms with Gasteiger partial charge in [0.15, 0.2) is 0 Å². The Bertz CT molecular complexity index is 1440. The van der Waals surface area contributed by atoms with Gasteiger partial charge >= 0.3 is 0 Å². The Balaban J connectivity index is 1.70. The third-order valence-corrected chi connectivity index (χ3v) is 6.99. The normalized spacial score (nSPS) is 14.3. The molecule has 0 aliphatic carbocycles. The molecule has 2 heterocycles. The number of halogens is 2. The van der Waals surface area contributed by atoms with Crippen LogP contribution in [0, 0.1) is 0 Å². The van der Waals surface area contributed by atoms with Crippen LogP contribution in [0.2, 0.25) is 0 Å². The third kappa shape index (κ3) is 3.62. The summed E-state index contributed by atoms with van der Waals surface area (Å²) in [6.45, 7) is 0. The average Bonchev–Trinajstić information content (AvgIpc) is 3.26. The van der Waals surface area contributed by atoms with E-state index in [4.69, 9.17) is 4.98 Å². The highest BCUT2D eigenvalue weighted by atomic mass is 79.9. The molecule has 1 aromatic heterocycles. The van der Waals surface area contributed by atoms with E-state index >= 15 is 0 Å². The van der Waals surface area contributed by atoms with E-state index in [1.165, 1.54) is 5.56 Å². The topological polar surface area (TPSA) is 29.9 Å². The zero-order chi connectivity index (χ0) is 22.4. The SMILES string of the molecule is Brc1ccc(C2Nc3ccc(Br)cc3-c3nc(-c4ccccc4)c(-c4ccccc4)n32)cc1. The molecule has 0 radical (unpaired) electrons. The molecule has 5 aromatic rings. The second-order valence-electron chi connectivity index (χ2n) is 8.02. The number of hydrogen-bond acceptors (Lipinski definition) is 2. The van der Waals surface area contributed by atoms with Crippen molar-refractivity contribution in [2.24, 2.45) is 0 Å². The van der Waals surface area contributed by atoms with Crippen LogP contribution in [0.1, 0.15) is 11.7 Å². The minimum absolute atomic E-state index is 0.0954. The van der Waals surface area contributed by atoms with Crippen LogP contribution >= 0.6 is 31.9 Å². The van der Waals surface area contributed by atoms with Gasteiger partial charge in [-0.05, 0) is 35.9 Å². The molecule has 0 bridgehead atoms. The first-order chi connectivity index (χ1) is 16.2. The number of benzene rings is 4. The maximum Gasteiger partial charge on any atom is 0.145 e. The molecule has 1 aliphatic heterocycles. The van der Waals surface area contributed by atoms with Gasteiger partial charge in [0, 0.05) is 31.3 Å². The van der Waals surface area contributed by atoms with E-state index < -0.39 is 0 Å². The van der Waals surface area contributed by atoms with Crippen LogP contribution in [0.15, 0.2) is 112 Å². The predicted octanol–water partition coefficient (Wildman–Crippen LogP) is 8.38. The van der Waals surface area contributed by atoms with Crippen LogP contribution in [-0.2, 0) is 0 Å². The first kappa shape index (κ1) is 20.5. The Morgan fingerprint density at radius 3 is 2.03 bits per heavy atom. The molecular weight excluding hydrogens is 538 g/mol. The Morgan fingerprint density at radius 1 is 0.697 bits per heavy atom. The number of nitrogens with one attached hydrogen (secondary N) is 1. The van der Waals surface area contributed by atoms with Crippen LogP contribution < -0.4 is 5.32 Å². The summed E-state index contributed by atoms with van der Waals surface area (Å²) in [7, 11) is 0. The van der Waals surface area contributed by atoms with E-state index in [-0.39, 0.29) is 6.17 Å². The fraction of sp³-hybridized carbons (Fsp3) is 0.0357. The van der Waals surface area contributed by atoms with Crippen molar-refractivity contribution in [1.82, 2.24) is 9.55 Å². The molecule has 1 atom stereocenters. The van der Waals surface area contributed by atoms with Gasteiger partial charge in [0.2, 0.25) is 0 Å². The van der Waals surface area contributed by atoms with Gasteiger partial charge in [-0.15, -0.1) is 0 Å². The smallest absolute Gasteiger partial charge is 0.145 e. The number of hydrogen-bond donors (Lipinski definition) is 1. The summed E-state index contributed by atoms with van der Waals surface area (Å²) in [6.07, 6.45) is -0.0954. The number of rotatable bonds is 3. The molecule has 6 rings (SSSR count). The van der Waals surface area contributed by atoms with Crippen LogP contribution in [0.3, 0.4) is 0 Å². The molecule has 33 heavy (non-hydrogen) atoms. The van der Waals surface area contributed by atoms with Crippen LogP contribution in [0.4, 0.5) is 5.69 Å². The van der Waals surface area contributed by atoms with Gasteiger partial charge < -0.3 is 5.32 Å². The van der Waals surface area contributed by atoms with E-state index in [1.807, 2.05) is 6.07 Å². The number of nitrogens with zero attached hydrogens (tertiary/aromatic N) is 2. The van der Waals surface area contributed by atoms with Crippen molar-refractivity contribution in [3.8, 4) is 33.9 Å².